The zero-order valence-electron chi connectivity index (χ0n) is 15.2. The first-order chi connectivity index (χ1) is 12.8. The van der Waals surface area contributed by atoms with E-state index in [1.165, 1.54) is 44.0 Å². The number of rotatable bonds is 4. The van der Waals surface area contributed by atoms with Crippen LogP contribution in [0.15, 0.2) is 30.6 Å². The Balaban J connectivity index is 1.26. The van der Waals surface area contributed by atoms with E-state index in [0.29, 0.717) is 13.1 Å². The fourth-order valence-corrected chi connectivity index (χ4v) is 4.21. The minimum absolute atomic E-state index is 0.00312. The molecule has 2 aliphatic rings. The van der Waals surface area contributed by atoms with Crippen molar-refractivity contribution in [2.75, 3.05) is 13.1 Å². The summed E-state index contributed by atoms with van der Waals surface area (Å²) in [6, 6.07) is 8.81. The fraction of sp³-hybridized carbons (Fsp3) is 0.550. The van der Waals surface area contributed by atoms with E-state index >= 15 is 0 Å². The first-order valence-electron chi connectivity index (χ1n) is 9.76. The molecule has 1 aliphatic carbocycles. The lowest BCUT2D eigenvalue weighted by atomic mass is 9.84. The lowest BCUT2D eigenvalue weighted by molar-refractivity contribution is 0.207. The molecule has 0 bridgehead atoms. The van der Waals surface area contributed by atoms with Crippen LogP contribution < -0.4 is 5.32 Å². The van der Waals surface area contributed by atoms with Crippen LogP contribution in [0.4, 0.5) is 4.79 Å². The number of H-pyrrole nitrogens is 1. The number of carbonyl (C=O) groups excluding carboxylic acids is 1. The Bertz CT molecular complexity index is 706. The summed E-state index contributed by atoms with van der Waals surface area (Å²) in [7, 11) is 0. The average molecular weight is 353 g/mol. The summed E-state index contributed by atoms with van der Waals surface area (Å²) in [5.41, 5.74) is 2.61. The van der Waals surface area contributed by atoms with Gasteiger partial charge in [-0.2, -0.15) is 5.10 Å². The molecule has 26 heavy (non-hydrogen) atoms. The summed E-state index contributed by atoms with van der Waals surface area (Å²) in [6.07, 6.45) is 9.18. The Morgan fingerprint density at radius 1 is 1.12 bits per heavy atom. The van der Waals surface area contributed by atoms with E-state index < -0.39 is 0 Å². The second-order valence-electron chi connectivity index (χ2n) is 7.54. The molecule has 1 atom stereocenters. The van der Waals surface area contributed by atoms with Gasteiger partial charge in [-0.25, -0.2) is 9.78 Å². The van der Waals surface area contributed by atoms with Gasteiger partial charge in [-0.3, -0.25) is 5.10 Å². The van der Waals surface area contributed by atoms with Crippen LogP contribution >= 0.6 is 0 Å². The maximum atomic E-state index is 12.4. The van der Waals surface area contributed by atoms with E-state index in [9.17, 15) is 4.79 Å². The Hall–Kier alpha value is -2.37. The maximum Gasteiger partial charge on any atom is 0.317 e. The van der Waals surface area contributed by atoms with Crippen molar-refractivity contribution in [1.29, 1.82) is 0 Å². The molecule has 138 valence electrons. The Morgan fingerprint density at radius 3 is 2.65 bits per heavy atom. The van der Waals surface area contributed by atoms with Crippen LogP contribution in [-0.2, 0) is 6.54 Å². The van der Waals surface area contributed by atoms with E-state index in [2.05, 4.69) is 44.8 Å². The largest absolute Gasteiger partial charge is 0.334 e. The number of carbonyl (C=O) groups is 1. The van der Waals surface area contributed by atoms with E-state index in [1.807, 2.05) is 4.90 Å². The van der Waals surface area contributed by atoms with Crippen molar-refractivity contribution in [3.05, 3.63) is 47.5 Å². The standard InChI is InChI=1S/C20H27N5O/c26-20(25-11-10-18(13-25)19-22-14-23-24-19)21-12-15-6-8-17(9-7-15)16-4-2-1-3-5-16/h6-9,14,16,18H,1-5,10-13H2,(H,21,26)(H,22,23,24). The van der Waals surface area contributed by atoms with E-state index in [0.717, 1.165) is 30.3 Å². The van der Waals surface area contributed by atoms with Crippen molar-refractivity contribution in [1.82, 2.24) is 25.4 Å². The third-order valence-corrected chi connectivity index (χ3v) is 5.80. The van der Waals surface area contributed by atoms with Gasteiger partial charge in [-0.1, -0.05) is 43.5 Å². The molecule has 1 unspecified atom stereocenters. The number of likely N-dealkylation sites (tertiary alicyclic amines) is 1. The van der Waals surface area contributed by atoms with E-state index in [1.54, 1.807) is 0 Å². The van der Waals surface area contributed by atoms with Crippen molar-refractivity contribution < 1.29 is 4.79 Å². The highest BCUT2D eigenvalue weighted by molar-refractivity contribution is 5.74. The molecule has 6 nitrogen and oxygen atoms in total. The van der Waals surface area contributed by atoms with Crippen molar-refractivity contribution in [2.24, 2.45) is 0 Å². The number of urea groups is 1. The van der Waals surface area contributed by atoms with Gasteiger partial charge in [0.1, 0.15) is 12.2 Å². The number of amides is 2. The smallest absolute Gasteiger partial charge is 0.317 e. The number of nitrogens with zero attached hydrogens (tertiary/aromatic N) is 3. The highest BCUT2D eigenvalue weighted by Gasteiger charge is 2.28. The fourth-order valence-electron chi connectivity index (χ4n) is 4.21. The van der Waals surface area contributed by atoms with Crippen LogP contribution in [0.5, 0.6) is 0 Å². The zero-order chi connectivity index (χ0) is 17.8. The molecule has 6 heteroatoms. The predicted octanol–water partition coefficient (Wildman–Crippen LogP) is 3.55. The van der Waals surface area contributed by atoms with Gasteiger partial charge in [0.05, 0.1) is 0 Å². The number of hydrogen-bond donors (Lipinski definition) is 2. The van der Waals surface area contributed by atoms with Crippen LogP contribution in [-0.4, -0.2) is 39.2 Å². The van der Waals surface area contributed by atoms with Crippen LogP contribution in [0.2, 0.25) is 0 Å². The number of aromatic nitrogens is 3. The van der Waals surface area contributed by atoms with Gasteiger partial charge in [-0.05, 0) is 36.3 Å². The minimum Gasteiger partial charge on any atom is -0.334 e. The van der Waals surface area contributed by atoms with Crippen molar-refractivity contribution in [2.45, 2.75) is 56.9 Å². The highest BCUT2D eigenvalue weighted by atomic mass is 16.2. The monoisotopic (exact) mass is 353 g/mol. The minimum atomic E-state index is 0.00312. The normalized spacial score (nSPS) is 21.1. The number of nitrogens with one attached hydrogen (secondary N) is 2. The molecule has 1 saturated heterocycles. The second-order valence-corrected chi connectivity index (χ2v) is 7.54. The summed E-state index contributed by atoms with van der Waals surface area (Å²) in [6.45, 7) is 2.03. The SMILES string of the molecule is O=C(NCc1ccc(C2CCCCC2)cc1)N1CCC(c2ncn[nH]2)C1. The summed E-state index contributed by atoms with van der Waals surface area (Å²) in [5, 5.41) is 9.85. The molecule has 4 rings (SSSR count). The van der Waals surface area contributed by atoms with Crippen LogP contribution in [0, 0.1) is 0 Å². The van der Waals surface area contributed by atoms with Gasteiger partial charge in [0, 0.05) is 25.6 Å². The summed E-state index contributed by atoms with van der Waals surface area (Å²) in [4.78, 5) is 18.5. The van der Waals surface area contributed by atoms with Crippen molar-refractivity contribution in [3.8, 4) is 0 Å². The first kappa shape index (κ1) is 17.1. The molecule has 2 N–H and O–H groups in total. The zero-order valence-corrected chi connectivity index (χ0v) is 15.2. The van der Waals surface area contributed by atoms with E-state index in [-0.39, 0.29) is 11.9 Å². The van der Waals surface area contributed by atoms with Gasteiger partial charge >= 0.3 is 6.03 Å². The molecule has 0 spiro atoms. The van der Waals surface area contributed by atoms with Crippen molar-refractivity contribution >= 4 is 6.03 Å². The average Bonchev–Trinajstić information content (AvgIpc) is 3.39. The molecule has 1 aliphatic heterocycles. The Kier molecular flexibility index (Phi) is 5.18. The molecular formula is C20H27N5O. The van der Waals surface area contributed by atoms with Crippen LogP contribution in [0.25, 0.3) is 0 Å². The highest BCUT2D eigenvalue weighted by Crippen LogP contribution is 2.32. The van der Waals surface area contributed by atoms with Crippen LogP contribution in [0.1, 0.15) is 67.3 Å². The summed E-state index contributed by atoms with van der Waals surface area (Å²) >= 11 is 0. The Labute approximate surface area is 154 Å². The van der Waals surface area contributed by atoms with Gasteiger partial charge in [0.15, 0.2) is 0 Å². The Morgan fingerprint density at radius 2 is 1.92 bits per heavy atom. The molecule has 1 aromatic heterocycles. The number of hydrogen-bond acceptors (Lipinski definition) is 3. The maximum absolute atomic E-state index is 12.4. The molecular weight excluding hydrogens is 326 g/mol. The molecule has 2 heterocycles. The van der Waals surface area contributed by atoms with E-state index in [4.69, 9.17) is 0 Å². The molecule has 0 radical (unpaired) electrons. The molecule has 2 fully saturated rings. The topological polar surface area (TPSA) is 73.9 Å². The van der Waals surface area contributed by atoms with Gasteiger partial charge in [0.25, 0.3) is 0 Å². The summed E-state index contributed by atoms with van der Waals surface area (Å²) < 4.78 is 0. The molecule has 2 aromatic rings. The first-order valence-corrected chi connectivity index (χ1v) is 9.76. The quantitative estimate of drug-likeness (QED) is 0.883. The van der Waals surface area contributed by atoms with Gasteiger partial charge < -0.3 is 10.2 Å². The van der Waals surface area contributed by atoms with Gasteiger partial charge in [-0.15, -0.1) is 0 Å². The molecule has 1 aromatic carbocycles. The lowest BCUT2D eigenvalue weighted by Gasteiger charge is -2.22. The van der Waals surface area contributed by atoms with Crippen LogP contribution in [0.3, 0.4) is 0 Å². The number of aromatic amines is 1. The second kappa shape index (κ2) is 7.89. The molecule has 2 amide bonds. The number of benzene rings is 1. The molecule has 1 saturated carbocycles. The lowest BCUT2D eigenvalue weighted by Crippen LogP contribution is -2.38. The predicted molar refractivity (Wildman–Crippen MR) is 99.8 cm³/mol. The van der Waals surface area contributed by atoms with Gasteiger partial charge in [0.2, 0.25) is 0 Å². The summed E-state index contributed by atoms with van der Waals surface area (Å²) in [5.74, 6) is 1.86. The third kappa shape index (κ3) is 3.89. The van der Waals surface area contributed by atoms with Crippen molar-refractivity contribution in [3.63, 3.8) is 0 Å². The third-order valence-electron chi connectivity index (χ3n) is 5.80.